The number of carbonyl (C=O) groups excluding carboxylic acids is 3. The average molecular weight is 570 g/mol. The summed E-state index contributed by atoms with van der Waals surface area (Å²) >= 11 is 0. The van der Waals surface area contributed by atoms with Gasteiger partial charge < -0.3 is 20.3 Å². The predicted octanol–water partition coefficient (Wildman–Crippen LogP) is 6.73. The minimum absolute atomic E-state index is 0.121. The van der Waals surface area contributed by atoms with Crippen LogP contribution in [0.3, 0.4) is 0 Å². The summed E-state index contributed by atoms with van der Waals surface area (Å²) in [5, 5.41) is 6.00. The van der Waals surface area contributed by atoms with Crippen molar-refractivity contribution in [2.24, 2.45) is 0 Å². The summed E-state index contributed by atoms with van der Waals surface area (Å²) in [4.78, 5) is 43.6. The molecule has 3 aromatic carbocycles. The van der Waals surface area contributed by atoms with Crippen LogP contribution in [0.1, 0.15) is 73.0 Å². The third-order valence-electron chi connectivity index (χ3n) is 7.66. The van der Waals surface area contributed by atoms with E-state index in [0.29, 0.717) is 0 Å². The number of para-hydroxylation sites is 1. The number of anilines is 1. The average Bonchev–Trinajstić information content (AvgIpc) is 3.75. The van der Waals surface area contributed by atoms with Crippen molar-refractivity contribution in [1.82, 2.24) is 10.2 Å². The Kier molecular flexibility index (Phi) is 9.40. The van der Waals surface area contributed by atoms with Crippen LogP contribution in [0.2, 0.25) is 0 Å². The van der Waals surface area contributed by atoms with Gasteiger partial charge in [0.1, 0.15) is 17.7 Å². The molecule has 0 bridgehead atoms. The number of hydrogen-bond donors (Lipinski definition) is 2. The van der Waals surface area contributed by atoms with E-state index < -0.39 is 23.8 Å². The van der Waals surface area contributed by atoms with Gasteiger partial charge in [-0.05, 0) is 94.7 Å². The van der Waals surface area contributed by atoms with Crippen LogP contribution in [0, 0.1) is 27.7 Å². The third-order valence-corrected chi connectivity index (χ3v) is 7.66. The number of amides is 3. The Morgan fingerprint density at radius 2 is 1.45 bits per heavy atom. The molecule has 2 atom stereocenters. The first-order valence-corrected chi connectivity index (χ1v) is 14.6. The Balaban J connectivity index is 1.77. The van der Waals surface area contributed by atoms with E-state index in [4.69, 9.17) is 4.74 Å². The van der Waals surface area contributed by atoms with Crippen molar-refractivity contribution < 1.29 is 19.1 Å². The molecule has 1 fully saturated rings. The van der Waals surface area contributed by atoms with E-state index in [1.165, 1.54) is 0 Å². The lowest BCUT2D eigenvalue weighted by Gasteiger charge is -2.35. The van der Waals surface area contributed by atoms with Crippen LogP contribution in [0.25, 0.3) is 0 Å². The van der Waals surface area contributed by atoms with Gasteiger partial charge in [0.2, 0.25) is 5.91 Å². The van der Waals surface area contributed by atoms with E-state index in [-0.39, 0.29) is 24.3 Å². The molecular weight excluding hydrogens is 526 g/mol. The van der Waals surface area contributed by atoms with Crippen LogP contribution < -0.4 is 10.6 Å². The first kappa shape index (κ1) is 30.8. The van der Waals surface area contributed by atoms with Gasteiger partial charge in [-0.25, -0.2) is 4.79 Å². The molecule has 7 nitrogen and oxygen atoms in total. The molecule has 2 unspecified atom stereocenters. The number of benzene rings is 3. The Morgan fingerprint density at radius 1 is 0.857 bits per heavy atom. The highest BCUT2D eigenvalue weighted by atomic mass is 16.6. The fourth-order valence-corrected chi connectivity index (χ4v) is 5.24. The number of aryl methyl sites for hydroxylation is 3. The number of carbonyl (C=O) groups is 3. The number of nitrogens with one attached hydrogen (secondary N) is 2. The molecule has 4 rings (SSSR count). The van der Waals surface area contributed by atoms with Crippen molar-refractivity contribution >= 4 is 23.6 Å². The summed E-state index contributed by atoms with van der Waals surface area (Å²) in [7, 11) is 0. The zero-order chi connectivity index (χ0) is 30.6. The fraction of sp³-hybridized carbons (Fsp3) is 0.400. The normalized spacial score (nSPS) is 14.5. The molecule has 2 N–H and O–H groups in total. The molecule has 1 aliphatic rings. The van der Waals surface area contributed by atoms with Crippen LogP contribution in [-0.4, -0.2) is 40.5 Å². The number of nitrogens with zero attached hydrogens (tertiary/aromatic N) is 1. The zero-order valence-electron chi connectivity index (χ0n) is 25.8. The van der Waals surface area contributed by atoms with Gasteiger partial charge in [0.15, 0.2) is 0 Å². The standard InChI is InChI=1S/C35H43N3O4/c1-22-13-12-18-28(25(22)4)31(32(39)37-30-23(2)14-11-15-24(30)3)38(27-19-20-27)33(40)29(21-26-16-9-8-10-17-26)36-34(41)42-35(5,6)7/h8-18,27,29,31H,19-21H2,1-7H3,(H,36,41)(H,37,39). The predicted molar refractivity (Wildman–Crippen MR) is 166 cm³/mol. The second kappa shape index (κ2) is 12.8. The second-order valence-corrected chi connectivity index (χ2v) is 12.3. The number of ether oxygens (including phenoxy) is 1. The lowest BCUT2D eigenvalue weighted by Crippen LogP contribution is -2.54. The van der Waals surface area contributed by atoms with Crippen LogP contribution in [0.5, 0.6) is 0 Å². The Hall–Kier alpha value is -4.13. The molecule has 0 radical (unpaired) electrons. The van der Waals surface area contributed by atoms with Gasteiger partial charge in [-0.3, -0.25) is 9.59 Å². The maximum absolute atomic E-state index is 14.6. The first-order chi connectivity index (χ1) is 19.9. The summed E-state index contributed by atoms with van der Waals surface area (Å²) in [6.07, 6.45) is 1.17. The summed E-state index contributed by atoms with van der Waals surface area (Å²) in [6, 6.07) is 19.4. The van der Waals surface area contributed by atoms with E-state index >= 15 is 0 Å². The van der Waals surface area contributed by atoms with Crippen LogP contribution in [-0.2, 0) is 20.7 Å². The molecule has 0 aliphatic heterocycles. The molecule has 3 amide bonds. The van der Waals surface area contributed by atoms with Crippen molar-refractivity contribution in [2.45, 2.75) is 91.5 Å². The monoisotopic (exact) mass is 569 g/mol. The molecule has 0 aromatic heterocycles. The Bertz CT molecular complexity index is 1420. The number of alkyl carbamates (subject to hydrolysis) is 1. The topological polar surface area (TPSA) is 87.7 Å². The maximum atomic E-state index is 14.6. The highest BCUT2D eigenvalue weighted by Crippen LogP contribution is 2.38. The molecule has 7 heteroatoms. The van der Waals surface area contributed by atoms with E-state index in [2.05, 4.69) is 10.6 Å². The lowest BCUT2D eigenvalue weighted by atomic mass is 9.94. The second-order valence-electron chi connectivity index (χ2n) is 12.3. The lowest BCUT2D eigenvalue weighted by molar-refractivity contribution is -0.141. The van der Waals surface area contributed by atoms with Crippen molar-refractivity contribution in [2.75, 3.05) is 5.32 Å². The maximum Gasteiger partial charge on any atom is 0.408 e. The molecule has 42 heavy (non-hydrogen) atoms. The highest BCUT2D eigenvalue weighted by molar-refractivity contribution is 6.00. The van der Waals surface area contributed by atoms with Crippen LogP contribution in [0.15, 0.2) is 66.7 Å². The molecule has 1 aliphatic carbocycles. The third kappa shape index (κ3) is 7.58. The van der Waals surface area contributed by atoms with Crippen molar-refractivity contribution in [1.29, 1.82) is 0 Å². The molecule has 222 valence electrons. The fourth-order valence-electron chi connectivity index (χ4n) is 5.24. The van der Waals surface area contributed by atoms with Gasteiger partial charge in [-0.1, -0.05) is 66.7 Å². The van der Waals surface area contributed by atoms with E-state index in [9.17, 15) is 14.4 Å². The van der Waals surface area contributed by atoms with Crippen molar-refractivity contribution in [3.63, 3.8) is 0 Å². The Morgan fingerprint density at radius 3 is 2.05 bits per heavy atom. The molecule has 1 saturated carbocycles. The quantitative estimate of drug-likeness (QED) is 0.299. The number of rotatable bonds is 9. The van der Waals surface area contributed by atoms with Crippen LogP contribution in [0.4, 0.5) is 10.5 Å². The van der Waals surface area contributed by atoms with Gasteiger partial charge in [-0.15, -0.1) is 0 Å². The van der Waals surface area contributed by atoms with Crippen LogP contribution >= 0.6 is 0 Å². The summed E-state index contributed by atoms with van der Waals surface area (Å²) in [5.41, 5.74) is 5.56. The van der Waals surface area contributed by atoms with Gasteiger partial charge in [0, 0.05) is 18.2 Å². The van der Waals surface area contributed by atoms with Gasteiger partial charge in [0.25, 0.3) is 5.91 Å². The molecule has 0 saturated heterocycles. The summed E-state index contributed by atoms with van der Waals surface area (Å²) in [5.74, 6) is -0.591. The summed E-state index contributed by atoms with van der Waals surface area (Å²) < 4.78 is 5.54. The molecule has 0 spiro atoms. The SMILES string of the molecule is Cc1cccc(C(C(=O)Nc2c(C)cccc2C)N(C(=O)C(Cc2ccccc2)NC(=O)OC(C)(C)C)C2CC2)c1C. The Labute approximate surface area is 249 Å². The van der Waals surface area contributed by atoms with Gasteiger partial charge >= 0.3 is 6.09 Å². The van der Waals surface area contributed by atoms with E-state index in [0.717, 1.165) is 51.9 Å². The zero-order valence-corrected chi connectivity index (χ0v) is 25.8. The van der Waals surface area contributed by atoms with Crippen molar-refractivity contribution in [3.8, 4) is 0 Å². The smallest absolute Gasteiger partial charge is 0.408 e. The number of hydrogen-bond acceptors (Lipinski definition) is 4. The van der Waals surface area contributed by atoms with E-state index in [1.54, 1.807) is 25.7 Å². The highest BCUT2D eigenvalue weighted by Gasteiger charge is 2.44. The summed E-state index contributed by atoms with van der Waals surface area (Å²) in [6.45, 7) is 13.3. The largest absolute Gasteiger partial charge is 0.444 e. The molecule has 3 aromatic rings. The molecule has 0 heterocycles. The molecular formula is C35H43N3O4. The first-order valence-electron chi connectivity index (χ1n) is 14.6. The van der Waals surface area contributed by atoms with Crippen molar-refractivity contribution in [3.05, 3.63) is 100 Å². The van der Waals surface area contributed by atoms with E-state index in [1.807, 2.05) is 94.4 Å². The van der Waals surface area contributed by atoms with Gasteiger partial charge in [-0.2, -0.15) is 0 Å². The minimum Gasteiger partial charge on any atom is -0.444 e. The minimum atomic E-state index is -0.927. The van der Waals surface area contributed by atoms with Gasteiger partial charge in [0.05, 0.1) is 0 Å².